The fourth-order valence-electron chi connectivity index (χ4n) is 3.07. The van der Waals surface area contributed by atoms with Gasteiger partial charge >= 0.3 is 0 Å². The Hall–Kier alpha value is -2.57. The van der Waals surface area contributed by atoms with Crippen LogP contribution in [0.5, 0.6) is 0 Å². The van der Waals surface area contributed by atoms with Gasteiger partial charge in [0, 0.05) is 22.6 Å². The highest BCUT2D eigenvalue weighted by Gasteiger charge is 2.15. The van der Waals surface area contributed by atoms with Crippen LogP contribution in [-0.2, 0) is 9.59 Å². The van der Waals surface area contributed by atoms with Crippen LogP contribution in [0, 0.1) is 0 Å². The van der Waals surface area contributed by atoms with Crippen molar-refractivity contribution in [1.29, 1.82) is 0 Å². The molecule has 0 unspecified atom stereocenters. The van der Waals surface area contributed by atoms with Crippen molar-refractivity contribution in [1.82, 2.24) is 5.32 Å². The second kappa shape index (κ2) is 11.6. The Labute approximate surface area is 189 Å². The minimum atomic E-state index is -0.127. The molecule has 2 amide bonds. The highest BCUT2D eigenvalue weighted by molar-refractivity contribution is 9.10. The third-order valence-corrected chi connectivity index (χ3v) is 5.91. The van der Waals surface area contributed by atoms with Gasteiger partial charge in [-0.15, -0.1) is 11.8 Å². The molecule has 0 aliphatic rings. The molecule has 0 aliphatic carbocycles. The number of carbonyl (C=O) groups excluding carboxylic acids is 2. The zero-order chi connectivity index (χ0) is 21.2. The second-order valence-electron chi connectivity index (χ2n) is 6.73. The van der Waals surface area contributed by atoms with Gasteiger partial charge in [-0.05, 0) is 29.3 Å². The Morgan fingerprint density at radius 3 is 2.00 bits per heavy atom. The van der Waals surface area contributed by atoms with E-state index >= 15 is 0 Å². The fraction of sp³-hybridized carbons (Fsp3) is 0.167. The van der Waals surface area contributed by atoms with Crippen molar-refractivity contribution < 1.29 is 9.59 Å². The lowest BCUT2D eigenvalue weighted by Crippen LogP contribution is -2.30. The number of hydrogen-bond donors (Lipinski definition) is 2. The van der Waals surface area contributed by atoms with Crippen LogP contribution in [0.1, 0.15) is 17.0 Å². The molecule has 0 saturated carbocycles. The molecule has 3 rings (SSSR count). The molecule has 0 bridgehead atoms. The van der Waals surface area contributed by atoms with E-state index in [1.807, 2.05) is 60.7 Å². The van der Waals surface area contributed by atoms with Crippen LogP contribution in [0.4, 0.5) is 5.69 Å². The lowest BCUT2D eigenvalue weighted by molar-refractivity contribution is -0.118. The average molecular weight is 483 g/mol. The summed E-state index contributed by atoms with van der Waals surface area (Å²) < 4.78 is 0.902. The van der Waals surface area contributed by atoms with Crippen molar-refractivity contribution in [3.8, 4) is 0 Å². The Balaban J connectivity index is 1.47. The number of rotatable bonds is 9. The van der Waals surface area contributed by atoms with Crippen molar-refractivity contribution in [2.24, 2.45) is 0 Å². The van der Waals surface area contributed by atoms with Crippen LogP contribution in [0.3, 0.4) is 0 Å². The predicted molar refractivity (Wildman–Crippen MR) is 128 cm³/mol. The molecule has 0 fully saturated rings. The van der Waals surface area contributed by atoms with Crippen molar-refractivity contribution >= 4 is 45.2 Å². The van der Waals surface area contributed by atoms with E-state index in [1.54, 1.807) is 0 Å². The molecule has 0 saturated heterocycles. The average Bonchev–Trinajstić information content (AvgIpc) is 2.75. The standard InChI is InChI=1S/C24H23BrN2O2S/c25-20-12-7-13-21(14-20)27-24(29)17-30-16-23(28)26-15-22(18-8-3-1-4-9-18)19-10-5-2-6-11-19/h1-14,22H,15-17H2,(H,26,28)(H,27,29). The molecule has 0 atom stereocenters. The molecule has 0 radical (unpaired) electrons. The molecule has 2 N–H and O–H groups in total. The smallest absolute Gasteiger partial charge is 0.234 e. The Morgan fingerprint density at radius 2 is 1.40 bits per heavy atom. The quantitative estimate of drug-likeness (QED) is 0.447. The SMILES string of the molecule is O=C(CSCC(=O)Nc1cccc(Br)c1)NCC(c1ccccc1)c1ccccc1. The minimum absolute atomic E-state index is 0.0767. The molecule has 3 aromatic rings. The summed E-state index contributed by atoms with van der Waals surface area (Å²) in [6, 6.07) is 27.7. The maximum atomic E-state index is 12.3. The fourth-order valence-corrected chi connectivity index (χ4v) is 4.11. The van der Waals surface area contributed by atoms with Crippen LogP contribution < -0.4 is 10.6 Å². The first-order valence-corrected chi connectivity index (χ1v) is 11.6. The first kappa shape index (κ1) is 22.1. The summed E-state index contributed by atoms with van der Waals surface area (Å²) in [4.78, 5) is 24.4. The Bertz CT molecular complexity index is 928. The summed E-state index contributed by atoms with van der Waals surface area (Å²) in [5.74, 6) is 0.341. The zero-order valence-electron chi connectivity index (χ0n) is 16.4. The molecule has 4 nitrogen and oxygen atoms in total. The molecule has 30 heavy (non-hydrogen) atoms. The van der Waals surface area contributed by atoms with E-state index in [2.05, 4.69) is 50.8 Å². The lowest BCUT2D eigenvalue weighted by atomic mass is 9.91. The molecule has 0 aromatic heterocycles. The number of thioether (sulfide) groups is 1. The van der Waals surface area contributed by atoms with Gasteiger partial charge in [-0.25, -0.2) is 0 Å². The molecule has 0 heterocycles. The van der Waals surface area contributed by atoms with E-state index in [0.29, 0.717) is 6.54 Å². The van der Waals surface area contributed by atoms with Gasteiger partial charge in [0.05, 0.1) is 11.5 Å². The van der Waals surface area contributed by atoms with Gasteiger partial charge < -0.3 is 10.6 Å². The number of hydrogen-bond acceptors (Lipinski definition) is 3. The molecular weight excluding hydrogens is 460 g/mol. The van der Waals surface area contributed by atoms with E-state index in [0.717, 1.165) is 21.3 Å². The number of anilines is 1. The van der Waals surface area contributed by atoms with Crippen LogP contribution >= 0.6 is 27.7 Å². The van der Waals surface area contributed by atoms with E-state index in [1.165, 1.54) is 11.8 Å². The highest BCUT2D eigenvalue weighted by Crippen LogP contribution is 2.23. The van der Waals surface area contributed by atoms with Crippen LogP contribution in [-0.4, -0.2) is 29.9 Å². The molecule has 0 spiro atoms. The van der Waals surface area contributed by atoms with Crippen molar-refractivity contribution in [3.05, 3.63) is 101 Å². The predicted octanol–water partition coefficient (Wildman–Crippen LogP) is 5.07. The van der Waals surface area contributed by atoms with Crippen molar-refractivity contribution in [2.75, 3.05) is 23.4 Å². The summed E-state index contributed by atoms with van der Waals surface area (Å²) in [7, 11) is 0. The van der Waals surface area contributed by atoms with E-state index in [-0.39, 0.29) is 29.2 Å². The molecule has 154 valence electrons. The summed E-state index contributed by atoms with van der Waals surface area (Å²) in [5.41, 5.74) is 3.04. The highest BCUT2D eigenvalue weighted by atomic mass is 79.9. The zero-order valence-corrected chi connectivity index (χ0v) is 18.8. The van der Waals surface area contributed by atoms with Crippen LogP contribution in [0.15, 0.2) is 89.4 Å². The van der Waals surface area contributed by atoms with Crippen molar-refractivity contribution in [3.63, 3.8) is 0 Å². The van der Waals surface area contributed by atoms with Gasteiger partial charge in [-0.3, -0.25) is 9.59 Å². The molecule has 6 heteroatoms. The molecule has 0 aliphatic heterocycles. The molecular formula is C24H23BrN2O2S. The molecule has 3 aromatic carbocycles. The van der Waals surface area contributed by atoms with E-state index in [4.69, 9.17) is 0 Å². The van der Waals surface area contributed by atoms with Gasteiger partial charge in [0.25, 0.3) is 0 Å². The number of nitrogens with one attached hydrogen (secondary N) is 2. The van der Waals surface area contributed by atoms with Gasteiger partial charge in [0.15, 0.2) is 0 Å². The number of benzene rings is 3. The van der Waals surface area contributed by atoms with Crippen molar-refractivity contribution in [2.45, 2.75) is 5.92 Å². The maximum absolute atomic E-state index is 12.3. The van der Waals surface area contributed by atoms with Gasteiger partial charge in [-0.1, -0.05) is 82.7 Å². The third-order valence-electron chi connectivity index (χ3n) is 4.48. The third kappa shape index (κ3) is 7.04. The topological polar surface area (TPSA) is 58.2 Å². The Morgan fingerprint density at radius 1 is 0.800 bits per heavy atom. The van der Waals surface area contributed by atoms with E-state index in [9.17, 15) is 9.59 Å². The second-order valence-corrected chi connectivity index (χ2v) is 8.63. The van der Waals surface area contributed by atoms with E-state index < -0.39 is 0 Å². The van der Waals surface area contributed by atoms with Gasteiger partial charge in [-0.2, -0.15) is 0 Å². The number of carbonyl (C=O) groups is 2. The van der Waals surface area contributed by atoms with Crippen LogP contribution in [0.2, 0.25) is 0 Å². The van der Waals surface area contributed by atoms with Gasteiger partial charge in [0.2, 0.25) is 11.8 Å². The maximum Gasteiger partial charge on any atom is 0.234 e. The van der Waals surface area contributed by atoms with Crippen LogP contribution in [0.25, 0.3) is 0 Å². The lowest BCUT2D eigenvalue weighted by Gasteiger charge is -2.19. The summed E-state index contributed by atoms with van der Waals surface area (Å²) in [6.45, 7) is 0.512. The minimum Gasteiger partial charge on any atom is -0.354 e. The Kier molecular flexibility index (Phi) is 8.53. The summed E-state index contributed by atoms with van der Waals surface area (Å²) in [5, 5.41) is 5.84. The first-order valence-electron chi connectivity index (χ1n) is 9.61. The summed E-state index contributed by atoms with van der Waals surface area (Å²) in [6.07, 6.45) is 0. The van der Waals surface area contributed by atoms with Gasteiger partial charge in [0.1, 0.15) is 0 Å². The monoisotopic (exact) mass is 482 g/mol. The number of amides is 2. The summed E-state index contributed by atoms with van der Waals surface area (Å²) >= 11 is 4.68. The number of halogens is 1. The largest absolute Gasteiger partial charge is 0.354 e. The normalized spacial score (nSPS) is 10.6. The first-order chi connectivity index (χ1) is 14.6.